The molecule has 0 radical (unpaired) electrons. The van der Waals surface area contributed by atoms with Crippen LogP contribution in [0.5, 0.6) is 11.5 Å². The number of hydrogen-bond acceptors (Lipinski definition) is 4. The number of ether oxygens (including phenoxy) is 2. The topological polar surface area (TPSA) is 74.5 Å². The van der Waals surface area contributed by atoms with Crippen LogP contribution in [0.4, 0.5) is 5.69 Å². The molecule has 0 aliphatic rings. The summed E-state index contributed by atoms with van der Waals surface area (Å²) in [5.41, 5.74) is 3.43. The number of aromatic nitrogens is 2. The highest BCUT2D eigenvalue weighted by atomic mass is 16.5. The molecule has 0 fully saturated rings. The van der Waals surface area contributed by atoms with Crippen molar-refractivity contribution in [2.24, 2.45) is 14.1 Å². The third-order valence-electron chi connectivity index (χ3n) is 4.51. The van der Waals surface area contributed by atoms with Crippen molar-refractivity contribution in [3.63, 3.8) is 0 Å². The van der Waals surface area contributed by atoms with Crippen molar-refractivity contribution >= 4 is 22.6 Å². The number of imidazole rings is 1. The van der Waals surface area contributed by atoms with Gasteiger partial charge in [-0.3, -0.25) is 13.9 Å². The van der Waals surface area contributed by atoms with E-state index in [2.05, 4.69) is 5.32 Å². The lowest BCUT2D eigenvalue weighted by molar-refractivity contribution is 0.102. The van der Waals surface area contributed by atoms with Gasteiger partial charge in [0.2, 0.25) is 0 Å². The molecule has 0 saturated heterocycles. The van der Waals surface area contributed by atoms with E-state index in [9.17, 15) is 9.59 Å². The fraction of sp³-hybridized carbons (Fsp3) is 0.263. The first-order chi connectivity index (χ1) is 12.4. The van der Waals surface area contributed by atoms with Crippen LogP contribution in [0.2, 0.25) is 0 Å². The number of aryl methyl sites for hydroxylation is 3. The van der Waals surface area contributed by atoms with Crippen molar-refractivity contribution in [1.82, 2.24) is 9.13 Å². The SMILES string of the molecule is COc1ccc(C(=O)Nc2cc3c(cc2C)n(C)c(=O)n3C)cc1OC. The predicted octanol–water partition coefficient (Wildman–Crippen LogP) is 2.45. The van der Waals surface area contributed by atoms with Gasteiger partial charge in [-0.2, -0.15) is 0 Å². The normalized spacial score (nSPS) is 10.8. The monoisotopic (exact) mass is 355 g/mol. The van der Waals surface area contributed by atoms with E-state index in [4.69, 9.17) is 9.47 Å². The molecule has 7 heteroatoms. The summed E-state index contributed by atoms with van der Waals surface area (Å²) >= 11 is 0. The van der Waals surface area contributed by atoms with E-state index in [1.165, 1.54) is 7.11 Å². The van der Waals surface area contributed by atoms with Gasteiger partial charge in [-0.15, -0.1) is 0 Å². The van der Waals surface area contributed by atoms with E-state index >= 15 is 0 Å². The second-order valence-electron chi connectivity index (χ2n) is 6.08. The number of rotatable bonds is 4. The molecule has 2 aromatic carbocycles. The molecular formula is C19H21N3O4. The molecule has 3 rings (SSSR count). The molecular weight excluding hydrogens is 334 g/mol. The molecule has 1 aromatic heterocycles. The highest BCUT2D eigenvalue weighted by molar-refractivity contribution is 6.05. The van der Waals surface area contributed by atoms with Gasteiger partial charge >= 0.3 is 5.69 Å². The van der Waals surface area contributed by atoms with Crippen molar-refractivity contribution < 1.29 is 14.3 Å². The molecule has 1 heterocycles. The summed E-state index contributed by atoms with van der Waals surface area (Å²) in [6, 6.07) is 8.68. The highest BCUT2D eigenvalue weighted by Crippen LogP contribution is 2.28. The summed E-state index contributed by atoms with van der Waals surface area (Å²) in [5, 5.41) is 2.90. The zero-order chi connectivity index (χ0) is 19.0. The minimum absolute atomic E-state index is 0.109. The van der Waals surface area contributed by atoms with Crippen molar-refractivity contribution in [2.75, 3.05) is 19.5 Å². The summed E-state index contributed by atoms with van der Waals surface area (Å²) in [6.07, 6.45) is 0. The van der Waals surface area contributed by atoms with Crippen molar-refractivity contribution in [2.45, 2.75) is 6.92 Å². The molecule has 7 nitrogen and oxygen atoms in total. The van der Waals surface area contributed by atoms with E-state index in [0.717, 1.165) is 16.6 Å². The molecule has 0 spiro atoms. The third-order valence-corrected chi connectivity index (χ3v) is 4.51. The number of carbonyl (C=O) groups excluding carboxylic acids is 1. The van der Waals surface area contributed by atoms with Crippen molar-refractivity contribution in [3.8, 4) is 11.5 Å². The molecule has 3 aromatic rings. The molecule has 0 atom stereocenters. The molecule has 0 bridgehead atoms. The molecule has 1 amide bonds. The van der Waals surface area contributed by atoms with Gasteiger partial charge in [0.15, 0.2) is 11.5 Å². The van der Waals surface area contributed by atoms with Gasteiger partial charge in [0.05, 0.1) is 25.3 Å². The Hall–Kier alpha value is -3.22. The number of hydrogen-bond donors (Lipinski definition) is 1. The first kappa shape index (κ1) is 17.6. The lowest BCUT2D eigenvalue weighted by Gasteiger charge is -2.12. The first-order valence-electron chi connectivity index (χ1n) is 8.06. The van der Waals surface area contributed by atoms with Gasteiger partial charge in [-0.1, -0.05) is 0 Å². The number of carbonyl (C=O) groups is 1. The number of amides is 1. The van der Waals surface area contributed by atoms with Gasteiger partial charge in [-0.25, -0.2) is 4.79 Å². The summed E-state index contributed by atoms with van der Waals surface area (Å²) in [6.45, 7) is 1.89. The number of fused-ring (bicyclic) bond motifs is 1. The Labute approximate surface area is 150 Å². The smallest absolute Gasteiger partial charge is 0.328 e. The Balaban J connectivity index is 1.98. The zero-order valence-electron chi connectivity index (χ0n) is 15.4. The highest BCUT2D eigenvalue weighted by Gasteiger charge is 2.15. The fourth-order valence-electron chi connectivity index (χ4n) is 2.96. The van der Waals surface area contributed by atoms with Crippen LogP contribution >= 0.6 is 0 Å². The van der Waals surface area contributed by atoms with Gasteiger partial charge in [0, 0.05) is 25.3 Å². The number of benzene rings is 2. The predicted molar refractivity (Wildman–Crippen MR) is 100 cm³/mol. The van der Waals surface area contributed by atoms with E-state index in [0.29, 0.717) is 22.7 Å². The van der Waals surface area contributed by atoms with Gasteiger partial charge in [0.25, 0.3) is 5.91 Å². The van der Waals surface area contributed by atoms with Crippen LogP contribution in [-0.2, 0) is 14.1 Å². The molecule has 0 aliphatic heterocycles. The maximum absolute atomic E-state index is 12.6. The Morgan fingerprint density at radius 1 is 0.962 bits per heavy atom. The van der Waals surface area contributed by atoms with E-state index in [-0.39, 0.29) is 11.6 Å². The summed E-state index contributed by atoms with van der Waals surface area (Å²) in [4.78, 5) is 24.7. The lowest BCUT2D eigenvalue weighted by Crippen LogP contribution is -2.19. The Bertz CT molecular complexity index is 1060. The molecule has 0 aliphatic carbocycles. The van der Waals surface area contributed by atoms with Crippen LogP contribution in [0.25, 0.3) is 11.0 Å². The van der Waals surface area contributed by atoms with Crippen LogP contribution in [0.15, 0.2) is 35.1 Å². The molecule has 0 unspecified atom stereocenters. The van der Waals surface area contributed by atoms with Crippen LogP contribution in [0, 0.1) is 6.92 Å². The van der Waals surface area contributed by atoms with Crippen LogP contribution < -0.4 is 20.5 Å². The maximum Gasteiger partial charge on any atom is 0.328 e. The third kappa shape index (κ3) is 2.81. The first-order valence-corrected chi connectivity index (χ1v) is 8.06. The van der Waals surface area contributed by atoms with Crippen LogP contribution in [0.3, 0.4) is 0 Å². The maximum atomic E-state index is 12.6. The van der Waals surface area contributed by atoms with Gasteiger partial charge < -0.3 is 14.8 Å². The standard InChI is InChI=1S/C19H21N3O4/c1-11-8-14-15(22(3)19(24)21(14)2)10-13(11)20-18(23)12-6-7-16(25-4)17(9-12)26-5/h6-10H,1-5H3,(H,20,23). The van der Waals surface area contributed by atoms with Crippen LogP contribution in [-0.4, -0.2) is 29.3 Å². The molecule has 0 saturated carbocycles. The minimum atomic E-state index is -0.269. The average Bonchev–Trinajstić information content (AvgIpc) is 2.85. The fourth-order valence-corrected chi connectivity index (χ4v) is 2.96. The second kappa shape index (κ2) is 6.59. The Kier molecular flexibility index (Phi) is 4.46. The number of anilines is 1. The number of nitrogens with zero attached hydrogens (tertiary/aromatic N) is 2. The average molecular weight is 355 g/mol. The minimum Gasteiger partial charge on any atom is -0.493 e. The summed E-state index contributed by atoms with van der Waals surface area (Å²) < 4.78 is 13.6. The number of nitrogens with one attached hydrogen (secondary N) is 1. The number of methoxy groups -OCH3 is 2. The summed E-state index contributed by atoms with van der Waals surface area (Å²) in [7, 11) is 6.50. The lowest BCUT2D eigenvalue weighted by atomic mass is 10.1. The Morgan fingerprint density at radius 3 is 2.19 bits per heavy atom. The second-order valence-corrected chi connectivity index (χ2v) is 6.08. The van der Waals surface area contributed by atoms with Crippen LogP contribution in [0.1, 0.15) is 15.9 Å². The largest absolute Gasteiger partial charge is 0.493 e. The molecule has 26 heavy (non-hydrogen) atoms. The van der Waals surface area contributed by atoms with Crippen molar-refractivity contribution in [3.05, 3.63) is 51.9 Å². The summed E-state index contributed by atoms with van der Waals surface area (Å²) in [5.74, 6) is 0.771. The quantitative estimate of drug-likeness (QED) is 0.780. The van der Waals surface area contributed by atoms with E-state index in [1.807, 2.05) is 19.1 Å². The zero-order valence-corrected chi connectivity index (χ0v) is 15.4. The van der Waals surface area contributed by atoms with Gasteiger partial charge in [0.1, 0.15) is 0 Å². The van der Waals surface area contributed by atoms with Gasteiger partial charge in [-0.05, 0) is 42.8 Å². The Morgan fingerprint density at radius 2 is 1.58 bits per heavy atom. The van der Waals surface area contributed by atoms with E-state index < -0.39 is 0 Å². The molecule has 1 N–H and O–H groups in total. The molecule has 136 valence electrons. The van der Waals surface area contributed by atoms with Crippen molar-refractivity contribution in [1.29, 1.82) is 0 Å². The van der Waals surface area contributed by atoms with E-state index in [1.54, 1.807) is 48.5 Å².